The third-order valence-electron chi connectivity index (χ3n) is 3.53. The Balaban J connectivity index is 1.76. The zero-order chi connectivity index (χ0) is 14.8. The fourth-order valence-corrected chi connectivity index (χ4v) is 3.28. The van der Waals surface area contributed by atoms with Gasteiger partial charge in [-0.05, 0) is 31.9 Å². The summed E-state index contributed by atoms with van der Waals surface area (Å²) in [4.78, 5) is 19.3. The Morgan fingerprint density at radius 1 is 1.29 bits per heavy atom. The molecule has 1 aromatic heterocycles. The Morgan fingerprint density at radius 3 is 2.62 bits per heavy atom. The molecule has 1 amide bonds. The van der Waals surface area contributed by atoms with Gasteiger partial charge >= 0.3 is 0 Å². The molecule has 1 fully saturated rings. The number of nitrogens with two attached hydrogens (primary N) is 1. The van der Waals surface area contributed by atoms with E-state index in [1.807, 2.05) is 31.2 Å². The summed E-state index contributed by atoms with van der Waals surface area (Å²) in [5, 5.41) is 3.71. The van der Waals surface area contributed by atoms with Crippen molar-refractivity contribution in [3.63, 3.8) is 0 Å². The predicted molar refractivity (Wildman–Crippen MR) is 87.1 cm³/mol. The minimum absolute atomic E-state index is 0.195. The summed E-state index contributed by atoms with van der Waals surface area (Å²) in [5.41, 5.74) is 7.82. The van der Waals surface area contributed by atoms with Gasteiger partial charge in [-0.1, -0.05) is 29.0 Å². The van der Waals surface area contributed by atoms with Gasteiger partial charge in [-0.15, -0.1) is 0 Å². The number of hydrogen-bond acceptors (Lipinski definition) is 5. The molecule has 1 aliphatic rings. The van der Waals surface area contributed by atoms with Gasteiger partial charge < -0.3 is 16.0 Å². The highest BCUT2D eigenvalue weighted by Crippen LogP contribution is 2.30. The van der Waals surface area contributed by atoms with E-state index >= 15 is 0 Å². The molecular formula is C15H18N4OS. The van der Waals surface area contributed by atoms with Crippen LogP contribution in [-0.2, 0) is 0 Å². The van der Waals surface area contributed by atoms with Crippen LogP contribution in [0.3, 0.4) is 0 Å². The van der Waals surface area contributed by atoms with Crippen molar-refractivity contribution in [3.05, 3.63) is 34.7 Å². The van der Waals surface area contributed by atoms with Crippen molar-refractivity contribution in [1.82, 2.24) is 4.98 Å². The van der Waals surface area contributed by atoms with Crippen molar-refractivity contribution in [1.29, 1.82) is 0 Å². The SMILES string of the molecule is Cc1ccc(NC(=O)c2sc(N3CCCC3)nc2N)cc1. The lowest BCUT2D eigenvalue weighted by atomic mass is 10.2. The van der Waals surface area contributed by atoms with E-state index in [2.05, 4.69) is 15.2 Å². The molecule has 21 heavy (non-hydrogen) atoms. The van der Waals surface area contributed by atoms with Crippen molar-refractivity contribution < 1.29 is 4.79 Å². The summed E-state index contributed by atoms with van der Waals surface area (Å²) >= 11 is 1.37. The Morgan fingerprint density at radius 2 is 1.95 bits per heavy atom. The van der Waals surface area contributed by atoms with Crippen LogP contribution in [0.5, 0.6) is 0 Å². The van der Waals surface area contributed by atoms with E-state index in [4.69, 9.17) is 5.73 Å². The molecule has 110 valence electrons. The van der Waals surface area contributed by atoms with Gasteiger partial charge in [0.1, 0.15) is 10.7 Å². The molecular weight excluding hydrogens is 284 g/mol. The van der Waals surface area contributed by atoms with Crippen molar-refractivity contribution in [2.75, 3.05) is 29.0 Å². The second-order valence-electron chi connectivity index (χ2n) is 5.23. The van der Waals surface area contributed by atoms with Gasteiger partial charge in [0.05, 0.1) is 0 Å². The first kappa shape index (κ1) is 13.9. The molecule has 6 heteroatoms. The molecule has 0 aliphatic carbocycles. The first-order valence-corrected chi connectivity index (χ1v) is 7.84. The Kier molecular flexibility index (Phi) is 3.79. The lowest BCUT2D eigenvalue weighted by molar-refractivity contribution is 0.103. The first-order valence-electron chi connectivity index (χ1n) is 7.03. The van der Waals surface area contributed by atoms with Crippen LogP contribution in [0.2, 0.25) is 0 Å². The number of benzene rings is 1. The Labute approximate surface area is 127 Å². The molecule has 0 atom stereocenters. The highest BCUT2D eigenvalue weighted by atomic mass is 32.1. The summed E-state index contributed by atoms with van der Waals surface area (Å²) in [6, 6.07) is 7.68. The molecule has 2 aromatic rings. The minimum Gasteiger partial charge on any atom is -0.382 e. The summed E-state index contributed by atoms with van der Waals surface area (Å²) in [5.74, 6) is 0.116. The van der Waals surface area contributed by atoms with Crippen molar-refractivity contribution >= 4 is 33.9 Å². The van der Waals surface area contributed by atoms with Gasteiger partial charge in [-0.2, -0.15) is 0 Å². The number of aryl methyl sites for hydroxylation is 1. The molecule has 1 aliphatic heterocycles. The number of anilines is 3. The lowest BCUT2D eigenvalue weighted by Crippen LogP contribution is -2.17. The molecule has 1 saturated heterocycles. The van der Waals surface area contributed by atoms with Crippen LogP contribution in [0.4, 0.5) is 16.6 Å². The van der Waals surface area contributed by atoms with E-state index in [9.17, 15) is 4.79 Å². The highest BCUT2D eigenvalue weighted by molar-refractivity contribution is 7.18. The van der Waals surface area contributed by atoms with Crippen LogP contribution in [-0.4, -0.2) is 24.0 Å². The van der Waals surface area contributed by atoms with Gasteiger partial charge in [0.2, 0.25) is 0 Å². The second-order valence-corrected chi connectivity index (χ2v) is 6.20. The summed E-state index contributed by atoms with van der Waals surface area (Å²) in [6.45, 7) is 3.99. The zero-order valence-corrected chi connectivity index (χ0v) is 12.7. The van der Waals surface area contributed by atoms with Gasteiger partial charge in [0.25, 0.3) is 5.91 Å². The van der Waals surface area contributed by atoms with Crippen LogP contribution in [0.15, 0.2) is 24.3 Å². The molecule has 5 nitrogen and oxygen atoms in total. The van der Waals surface area contributed by atoms with Crippen LogP contribution < -0.4 is 16.0 Å². The average Bonchev–Trinajstić information content (AvgIpc) is 3.10. The molecule has 0 spiro atoms. The highest BCUT2D eigenvalue weighted by Gasteiger charge is 2.21. The molecule has 3 rings (SSSR count). The monoisotopic (exact) mass is 302 g/mol. The predicted octanol–water partition coefficient (Wildman–Crippen LogP) is 2.89. The van der Waals surface area contributed by atoms with E-state index in [0.29, 0.717) is 10.7 Å². The second kappa shape index (κ2) is 5.73. The van der Waals surface area contributed by atoms with Gasteiger partial charge in [0.15, 0.2) is 5.13 Å². The van der Waals surface area contributed by atoms with E-state index < -0.39 is 0 Å². The first-order chi connectivity index (χ1) is 10.1. The molecule has 3 N–H and O–H groups in total. The quantitative estimate of drug-likeness (QED) is 0.914. The maximum Gasteiger partial charge on any atom is 0.269 e. The number of amides is 1. The number of thiazole rings is 1. The summed E-state index contributed by atoms with van der Waals surface area (Å²) in [6.07, 6.45) is 2.34. The molecule has 0 bridgehead atoms. The van der Waals surface area contributed by atoms with Gasteiger partial charge in [-0.3, -0.25) is 4.79 Å². The van der Waals surface area contributed by atoms with Gasteiger partial charge in [0, 0.05) is 18.8 Å². The number of aromatic nitrogens is 1. The number of carbonyl (C=O) groups is 1. The van der Waals surface area contributed by atoms with Crippen LogP contribution >= 0.6 is 11.3 Å². The standard InChI is InChI=1S/C15H18N4OS/c1-10-4-6-11(7-5-10)17-14(20)12-13(16)18-15(21-12)19-8-2-3-9-19/h4-7H,2-3,8-9,16H2,1H3,(H,17,20). The Bertz CT molecular complexity index is 644. The molecule has 1 aromatic carbocycles. The zero-order valence-electron chi connectivity index (χ0n) is 11.9. The number of nitrogens with one attached hydrogen (secondary N) is 1. The van der Waals surface area contributed by atoms with Crippen molar-refractivity contribution in [3.8, 4) is 0 Å². The van der Waals surface area contributed by atoms with E-state index in [0.717, 1.165) is 29.5 Å². The van der Waals surface area contributed by atoms with Crippen LogP contribution in [0.25, 0.3) is 0 Å². The summed E-state index contributed by atoms with van der Waals surface area (Å²) < 4.78 is 0. The largest absolute Gasteiger partial charge is 0.382 e. The third kappa shape index (κ3) is 3.00. The van der Waals surface area contributed by atoms with Crippen LogP contribution in [0.1, 0.15) is 28.1 Å². The average molecular weight is 302 g/mol. The minimum atomic E-state index is -0.195. The molecule has 0 unspecified atom stereocenters. The summed E-state index contributed by atoms with van der Waals surface area (Å²) in [7, 11) is 0. The van der Waals surface area contributed by atoms with E-state index in [-0.39, 0.29) is 5.91 Å². The molecule has 0 radical (unpaired) electrons. The van der Waals surface area contributed by atoms with Crippen molar-refractivity contribution in [2.24, 2.45) is 0 Å². The maximum atomic E-state index is 12.3. The lowest BCUT2D eigenvalue weighted by Gasteiger charge is -2.11. The fourth-order valence-electron chi connectivity index (χ4n) is 2.35. The van der Waals surface area contributed by atoms with Gasteiger partial charge in [-0.25, -0.2) is 4.98 Å². The van der Waals surface area contributed by atoms with Crippen molar-refractivity contribution in [2.45, 2.75) is 19.8 Å². The van der Waals surface area contributed by atoms with E-state index in [1.165, 1.54) is 24.2 Å². The molecule has 0 saturated carbocycles. The number of carbonyl (C=O) groups excluding carboxylic acids is 1. The smallest absolute Gasteiger partial charge is 0.269 e. The third-order valence-corrected chi connectivity index (χ3v) is 4.67. The normalized spacial score (nSPS) is 14.4. The number of nitrogen functional groups attached to an aromatic ring is 1. The Hall–Kier alpha value is -2.08. The maximum absolute atomic E-state index is 12.3. The number of rotatable bonds is 3. The fraction of sp³-hybridized carbons (Fsp3) is 0.333. The topological polar surface area (TPSA) is 71.2 Å². The number of hydrogen-bond donors (Lipinski definition) is 2. The number of nitrogens with zero attached hydrogens (tertiary/aromatic N) is 2. The molecule has 2 heterocycles. The van der Waals surface area contributed by atoms with E-state index in [1.54, 1.807) is 0 Å². The van der Waals surface area contributed by atoms with Crippen LogP contribution in [0, 0.1) is 6.92 Å².